The Morgan fingerprint density at radius 1 is 1.46 bits per heavy atom. The number of hydrogen-bond donors (Lipinski definition) is 2. The van der Waals surface area contributed by atoms with Crippen LogP contribution in [0.15, 0.2) is 15.6 Å². The van der Waals surface area contributed by atoms with Crippen molar-refractivity contribution in [1.82, 2.24) is 15.8 Å². The average molecular weight is 336 g/mol. The molecule has 2 unspecified atom stereocenters. The molecule has 2 atom stereocenters. The Kier molecular flexibility index (Phi) is 5.58. The van der Waals surface area contributed by atoms with E-state index in [1.807, 2.05) is 6.07 Å². The molecular formula is C18H32N4O2. The normalized spacial score (nSPS) is 26.3. The predicted molar refractivity (Wildman–Crippen MR) is 96.1 cm³/mol. The van der Waals surface area contributed by atoms with Crippen molar-refractivity contribution >= 4 is 5.96 Å². The molecule has 0 spiro atoms. The van der Waals surface area contributed by atoms with Crippen molar-refractivity contribution in [1.29, 1.82) is 0 Å². The maximum atomic E-state index is 5.69. The Balaban J connectivity index is 2.01. The van der Waals surface area contributed by atoms with Gasteiger partial charge in [0, 0.05) is 31.2 Å². The molecule has 1 heterocycles. The number of rotatable bonds is 6. The summed E-state index contributed by atoms with van der Waals surface area (Å²) in [6.07, 6.45) is 0.959. The van der Waals surface area contributed by atoms with Crippen molar-refractivity contribution < 1.29 is 9.26 Å². The largest absolute Gasteiger partial charge is 0.378 e. The summed E-state index contributed by atoms with van der Waals surface area (Å²) in [7, 11) is 1.79. The van der Waals surface area contributed by atoms with Crippen molar-refractivity contribution in [3.63, 3.8) is 0 Å². The third-order valence-electron chi connectivity index (χ3n) is 5.50. The molecule has 2 N–H and O–H groups in total. The summed E-state index contributed by atoms with van der Waals surface area (Å²) in [5.41, 5.74) is 0.905. The lowest BCUT2D eigenvalue weighted by Crippen LogP contribution is -2.69. The number of hydrogen-bond acceptors (Lipinski definition) is 4. The number of nitrogens with one attached hydrogen (secondary N) is 2. The molecule has 0 radical (unpaired) electrons. The predicted octanol–water partition coefficient (Wildman–Crippen LogP) is 3.06. The highest BCUT2D eigenvalue weighted by molar-refractivity contribution is 5.80. The number of nitrogens with zero attached hydrogens (tertiary/aromatic N) is 2. The number of guanidine groups is 1. The molecule has 1 aliphatic carbocycles. The summed E-state index contributed by atoms with van der Waals surface area (Å²) in [4.78, 5) is 4.64. The van der Waals surface area contributed by atoms with Crippen LogP contribution in [0.3, 0.4) is 0 Å². The van der Waals surface area contributed by atoms with Crippen LogP contribution >= 0.6 is 0 Å². The zero-order valence-electron chi connectivity index (χ0n) is 16.1. The van der Waals surface area contributed by atoms with Gasteiger partial charge in [-0.15, -0.1) is 0 Å². The SMILES string of the molecule is CCNC(=NCc1cc(C(C)C)no1)NC1CC(C)(OC)C1(C)C. The second-order valence-electron chi connectivity index (χ2n) is 7.63. The molecule has 1 fully saturated rings. The van der Waals surface area contributed by atoms with E-state index in [1.54, 1.807) is 7.11 Å². The fourth-order valence-electron chi connectivity index (χ4n) is 3.04. The lowest BCUT2D eigenvalue weighted by atomic mass is 9.56. The van der Waals surface area contributed by atoms with Gasteiger partial charge in [0.1, 0.15) is 6.54 Å². The van der Waals surface area contributed by atoms with Gasteiger partial charge in [-0.1, -0.05) is 32.9 Å². The van der Waals surface area contributed by atoms with Crippen LogP contribution in [0.4, 0.5) is 0 Å². The van der Waals surface area contributed by atoms with Crippen molar-refractivity contribution in [2.45, 2.75) is 72.1 Å². The van der Waals surface area contributed by atoms with Gasteiger partial charge in [-0.2, -0.15) is 0 Å². The third-order valence-corrected chi connectivity index (χ3v) is 5.50. The molecule has 1 aromatic heterocycles. The van der Waals surface area contributed by atoms with Gasteiger partial charge in [0.15, 0.2) is 11.7 Å². The van der Waals surface area contributed by atoms with Crippen LogP contribution in [-0.2, 0) is 11.3 Å². The first-order chi connectivity index (χ1) is 11.2. The van der Waals surface area contributed by atoms with Crippen molar-refractivity contribution in [3.05, 3.63) is 17.5 Å². The van der Waals surface area contributed by atoms with E-state index in [0.717, 1.165) is 30.4 Å². The lowest BCUT2D eigenvalue weighted by Gasteiger charge is -2.59. The smallest absolute Gasteiger partial charge is 0.191 e. The van der Waals surface area contributed by atoms with E-state index >= 15 is 0 Å². The Hall–Kier alpha value is -1.56. The van der Waals surface area contributed by atoms with Crippen LogP contribution in [-0.4, -0.2) is 36.4 Å². The summed E-state index contributed by atoms with van der Waals surface area (Å²) < 4.78 is 11.1. The topological polar surface area (TPSA) is 71.7 Å². The zero-order valence-corrected chi connectivity index (χ0v) is 16.1. The fourth-order valence-corrected chi connectivity index (χ4v) is 3.04. The van der Waals surface area contributed by atoms with E-state index < -0.39 is 0 Å². The molecular weight excluding hydrogens is 304 g/mol. The highest BCUT2D eigenvalue weighted by Crippen LogP contribution is 2.51. The van der Waals surface area contributed by atoms with Crippen LogP contribution in [0.25, 0.3) is 0 Å². The van der Waals surface area contributed by atoms with E-state index in [9.17, 15) is 0 Å². The van der Waals surface area contributed by atoms with Crippen LogP contribution in [0.2, 0.25) is 0 Å². The maximum absolute atomic E-state index is 5.69. The quantitative estimate of drug-likeness (QED) is 0.617. The highest BCUT2D eigenvalue weighted by Gasteiger charge is 2.58. The lowest BCUT2D eigenvalue weighted by molar-refractivity contribution is -0.176. The molecule has 2 rings (SSSR count). The molecule has 1 aromatic rings. The Morgan fingerprint density at radius 3 is 2.67 bits per heavy atom. The van der Waals surface area contributed by atoms with E-state index in [2.05, 4.69) is 62.3 Å². The van der Waals surface area contributed by atoms with Gasteiger partial charge >= 0.3 is 0 Å². The highest BCUT2D eigenvalue weighted by atomic mass is 16.5. The minimum absolute atomic E-state index is 0.0367. The van der Waals surface area contributed by atoms with E-state index in [0.29, 0.717) is 18.5 Å². The van der Waals surface area contributed by atoms with Crippen molar-refractivity contribution in [2.75, 3.05) is 13.7 Å². The molecule has 0 aromatic carbocycles. The summed E-state index contributed by atoms with van der Waals surface area (Å²) in [5.74, 6) is 1.95. The minimum Gasteiger partial charge on any atom is -0.378 e. The van der Waals surface area contributed by atoms with E-state index in [4.69, 9.17) is 9.26 Å². The minimum atomic E-state index is -0.0981. The Morgan fingerprint density at radius 2 is 2.17 bits per heavy atom. The standard InChI is InChI=1S/C18H32N4O2/c1-8-19-16(20-11-13-9-14(12(2)3)22-24-13)21-15-10-18(6,23-7)17(15,4)5/h9,12,15H,8,10-11H2,1-7H3,(H2,19,20,21). The van der Waals surface area contributed by atoms with Gasteiger partial charge in [-0.3, -0.25) is 0 Å². The van der Waals surface area contributed by atoms with Gasteiger partial charge in [0.2, 0.25) is 0 Å². The van der Waals surface area contributed by atoms with Crippen molar-refractivity contribution in [3.8, 4) is 0 Å². The zero-order chi connectivity index (χ0) is 18.0. The van der Waals surface area contributed by atoms with Gasteiger partial charge in [-0.05, 0) is 26.2 Å². The van der Waals surface area contributed by atoms with Crippen LogP contribution in [0, 0.1) is 5.41 Å². The summed E-state index contributed by atoms with van der Waals surface area (Å²) in [6, 6.07) is 2.30. The van der Waals surface area contributed by atoms with Crippen LogP contribution < -0.4 is 10.6 Å². The van der Waals surface area contributed by atoms with Crippen LogP contribution in [0.5, 0.6) is 0 Å². The first-order valence-electron chi connectivity index (χ1n) is 8.79. The van der Waals surface area contributed by atoms with Gasteiger partial charge in [0.25, 0.3) is 0 Å². The fraction of sp³-hybridized carbons (Fsp3) is 0.778. The van der Waals surface area contributed by atoms with E-state index in [1.165, 1.54) is 0 Å². The summed E-state index contributed by atoms with van der Waals surface area (Å²) in [5, 5.41) is 10.9. The molecule has 1 aliphatic rings. The summed E-state index contributed by atoms with van der Waals surface area (Å²) in [6.45, 7) is 14.2. The van der Waals surface area contributed by atoms with Gasteiger partial charge < -0.3 is 19.9 Å². The van der Waals surface area contributed by atoms with Crippen LogP contribution in [0.1, 0.15) is 65.3 Å². The number of aromatic nitrogens is 1. The monoisotopic (exact) mass is 336 g/mol. The number of methoxy groups -OCH3 is 1. The second kappa shape index (κ2) is 7.13. The molecule has 6 heteroatoms. The van der Waals surface area contributed by atoms with Gasteiger partial charge in [0.05, 0.1) is 11.3 Å². The molecule has 0 aliphatic heterocycles. The number of ether oxygens (including phenoxy) is 1. The number of aliphatic imine (C=N–C) groups is 1. The maximum Gasteiger partial charge on any atom is 0.191 e. The molecule has 0 amide bonds. The summed E-state index contributed by atoms with van der Waals surface area (Å²) >= 11 is 0. The molecule has 0 saturated heterocycles. The first-order valence-corrected chi connectivity index (χ1v) is 8.79. The van der Waals surface area contributed by atoms with E-state index in [-0.39, 0.29) is 11.0 Å². The van der Waals surface area contributed by atoms with Gasteiger partial charge in [-0.25, -0.2) is 4.99 Å². The molecule has 1 saturated carbocycles. The second-order valence-corrected chi connectivity index (χ2v) is 7.63. The first kappa shape index (κ1) is 18.8. The molecule has 6 nitrogen and oxygen atoms in total. The average Bonchev–Trinajstić information content (AvgIpc) is 3.01. The molecule has 0 bridgehead atoms. The third kappa shape index (κ3) is 3.58. The Bertz CT molecular complexity index is 579. The Labute approximate surface area is 145 Å². The van der Waals surface area contributed by atoms with Crippen molar-refractivity contribution in [2.24, 2.45) is 10.4 Å². The molecule has 24 heavy (non-hydrogen) atoms. The molecule has 136 valence electrons.